The van der Waals surface area contributed by atoms with E-state index in [0.717, 1.165) is 6.42 Å². The molecule has 2 N–H and O–H groups in total. The van der Waals surface area contributed by atoms with Crippen molar-refractivity contribution in [1.29, 1.82) is 0 Å². The van der Waals surface area contributed by atoms with Crippen molar-refractivity contribution in [1.82, 2.24) is 0 Å². The van der Waals surface area contributed by atoms with Gasteiger partial charge in [-0.25, -0.2) is 0 Å². The molecule has 0 aliphatic rings. The SMILES string of the molecule is Cl.NCCCCF. The third-order valence-electron chi connectivity index (χ3n) is 0.588. The number of halogens is 2. The Labute approximate surface area is 49.5 Å². The molecule has 0 aromatic heterocycles. The minimum atomic E-state index is -0.225. The van der Waals surface area contributed by atoms with Gasteiger partial charge in [0, 0.05) is 0 Å². The van der Waals surface area contributed by atoms with Crippen LogP contribution >= 0.6 is 12.4 Å². The third-order valence-corrected chi connectivity index (χ3v) is 0.588. The topological polar surface area (TPSA) is 26.0 Å². The van der Waals surface area contributed by atoms with Gasteiger partial charge >= 0.3 is 0 Å². The van der Waals surface area contributed by atoms with Crippen LogP contribution in [0.3, 0.4) is 0 Å². The molecule has 0 heterocycles. The van der Waals surface area contributed by atoms with Crippen molar-refractivity contribution < 1.29 is 4.39 Å². The van der Waals surface area contributed by atoms with Crippen LogP contribution in [-0.2, 0) is 0 Å². The lowest BCUT2D eigenvalue weighted by Gasteiger charge is -1.84. The molecular formula is C4H11ClFN. The molecule has 0 atom stereocenters. The fourth-order valence-electron chi connectivity index (χ4n) is 0.239. The molecule has 0 aliphatic carbocycles. The zero-order valence-electron chi connectivity index (χ0n) is 4.19. The van der Waals surface area contributed by atoms with Crippen molar-refractivity contribution in [2.24, 2.45) is 5.73 Å². The lowest BCUT2D eigenvalue weighted by Crippen LogP contribution is -1.97. The minimum Gasteiger partial charge on any atom is -0.330 e. The number of alkyl halides is 1. The Kier molecular flexibility index (Phi) is 13.9. The Morgan fingerprint density at radius 1 is 1.29 bits per heavy atom. The highest BCUT2D eigenvalue weighted by Crippen LogP contribution is 1.83. The highest BCUT2D eigenvalue weighted by molar-refractivity contribution is 5.85. The molecule has 46 valence electrons. The zero-order valence-corrected chi connectivity index (χ0v) is 5.01. The van der Waals surface area contributed by atoms with Crippen LogP contribution in [-0.4, -0.2) is 13.2 Å². The predicted molar refractivity (Wildman–Crippen MR) is 31.5 cm³/mol. The first-order valence-corrected chi connectivity index (χ1v) is 2.18. The molecule has 0 amide bonds. The molecule has 0 saturated heterocycles. The summed E-state index contributed by atoms with van der Waals surface area (Å²) in [4.78, 5) is 0. The molecule has 0 bridgehead atoms. The average molecular weight is 128 g/mol. The number of unbranched alkanes of at least 4 members (excludes halogenated alkanes) is 1. The van der Waals surface area contributed by atoms with Crippen LogP contribution in [0.15, 0.2) is 0 Å². The van der Waals surface area contributed by atoms with Gasteiger partial charge < -0.3 is 5.73 Å². The Hall–Kier alpha value is 0.180. The minimum absolute atomic E-state index is 0. The van der Waals surface area contributed by atoms with Gasteiger partial charge in [0.15, 0.2) is 0 Å². The highest BCUT2D eigenvalue weighted by Gasteiger charge is 1.78. The molecule has 7 heavy (non-hydrogen) atoms. The molecule has 0 aliphatic heterocycles. The van der Waals surface area contributed by atoms with Crippen molar-refractivity contribution in [3.05, 3.63) is 0 Å². The van der Waals surface area contributed by atoms with Crippen LogP contribution in [0, 0.1) is 0 Å². The fraction of sp³-hybridized carbons (Fsp3) is 1.00. The Bertz CT molecular complexity index is 23.7. The highest BCUT2D eigenvalue weighted by atomic mass is 35.5. The summed E-state index contributed by atoms with van der Waals surface area (Å²) in [5.74, 6) is 0. The smallest absolute Gasteiger partial charge is 0.0894 e. The van der Waals surface area contributed by atoms with E-state index in [9.17, 15) is 4.39 Å². The molecule has 0 radical (unpaired) electrons. The van der Waals surface area contributed by atoms with E-state index < -0.39 is 0 Å². The zero-order chi connectivity index (χ0) is 4.83. The molecule has 0 fully saturated rings. The second-order valence-corrected chi connectivity index (χ2v) is 1.18. The standard InChI is InChI=1S/C4H10FN.ClH/c5-3-1-2-4-6;/h1-4,6H2;1H. The van der Waals surface area contributed by atoms with Gasteiger partial charge in [-0.3, -0.25) is 4.39 Å². The number of rotatable bonds is 3. The van der Waals surface area contributed by atoms with Crippen molar-refractivity contribution in [3.63, 3.8) is 0 Å². The van der Waals surface area contributed by atoms with Crippen LogP contribution in [0.2, 0.25) is 0 Å². The van der Waals surface area contributed by atoms with E-state index in [2.05, 4.69) is 0 Å². The first kappa shape index (κ1) is 10.2. The quantitative estimate of drug-likeness (QED) is 0.565. The Balaban J connectivity index is 0. The van der Waals surface area contributed by atoms with Gasteiger partial charge in [-0.15, -0.1) is 12.4 Å². The van der Waals surface area contributed by atoms with Gasteiger partial charge in [0.05, 0.1) is 6.67 Å². The predicted octanol–water partition coefficient (Wildman–Crippen LogP) is 1.12. The van der Waals surface area contributed by atoms with Gasteiger partial charge in [0.25, 0.3) is 0 Å². The lowest BCUT2D eigenvalue weighted by atomic mass is 10.3. The van der Waals surface area contributed by atoms with E-state index >= 15 is 0 Å². The molecule has 0 rings (SSSR count). The number of hydrogen-bond donors (Lipinski definition) is 1. The maximum absolute atomic E-state index is 11.1. The molecule has 1 nitrogen and oxygen atoms in total. The Morgan fingerprint density at radius 2 is 1.86 bits per heavy atom. The number of hydrogen-bond acceptors (Lipinski definition) is 1. The summed E-state index contributed by atoms with van der Waals surface area (Å²) in [5, 5.41) is 0. The lowest BCUT2D eigenvalue weighted by molar-refractivity contribution is 0.464. The van der Waals surface area contributed by atoms with Crippen LogP contribution in [0.5, 0.6) is 0 Å². The second-order valence-electron chi connectivity index (χ2n) is 1.18. The molecule has 0 aromatic carbocycles. The van der Waals surface area contributed by atoms with Crippen LogP contribution in [0.25, 0.3) is 0 Å². The normalized spacial score (nSPS) is 7.71. The third kappa shape index (κ3) is 10.7. The first-order chi connectivity index (χ1) is 2.91. The van der Waals surface area contributed by atoms with Gasteiger partial charge in [-0.2, -0.15) is 0 Å². The summed E-state index contributed by atoms with van der Waals surface area (Å²) in [5.41, 5.74) is 5.05. The summed E-state index contributed by atoms with van der Waals surface area (Å²) in [6, 6.07) is 0. The van der Waals surface area contributed by atoms with Crippen molar-refractivity contribution >= 4 is 12.4 Å². The van der Waals surface area contributed by atoms with E-state index in [4.69, 9.17) is 5.73 Å². The van der Waals surface area contributed by atoms with Gasteiger partial charge in [-0.05, 0) is 19.4 Å². The van der Waals surface area contributed by atoms with Gasteiger partial charge in [0.2, 0.25) is 0 Å². The van der Waals surface area contributed by atoms with Crippen LogP contribution in [0.4, 0.5) is 4.39 Å². The second kappa shape index (κ2) is 9.49. The van der Waals surface area contributed by atoms with Crippen molar-refractivity contribution in [3.8, 4) is 0 Å². The van der Waals surface area contributed by atoms with Crippen molar-refractivity contribution in [2.45, 2.75) is 12.8 Å². The van der Waals surface area contributed by atoms with E-state index in [1.54, 1.807) is 0 Å². The largest absolute Gasteiger partial charge is 0.330 e. The van der Waals surface area contributed by atoms with Gasteiger partial charge in [0.1, 0.15) is 0 Å². The monoisotopic (exact) mass is 127 g/mol. The van der Waals surface area contributed by atoms with Crippen LogP contribution in [0.1, 0.15) is 12.8 Å². The van der Waals surface area contributed by atoms with E-state index in [1.807, 2.05) is 0 Å². The molecule has 0 saturated carbocycles. The first-order valence-electron chi connectivity index (χ1n) is 2.18. The average Bonchev–Trinajstić information content (AvgIpc) is 1.61. The van der Waals surface area contributed by atoms with E-state index in [1.165, 1.54) is 0 Å². The summed E-state index contributed by atoms with van der Waals surface area (Å²) in [6.45, 7) is 0.390. The molecule has 0 unspecified atom stereocenters. The van der Waals surface area contributed by atoms with E-state index in [-0.39, 0.29) is 19.1 Å². The molecule has 0 aromatic rings. The molecular weight excluding hydrogens is 117 g/mol. The van der Waals surface area contributed by atoms with E-state index in [0.29, 0.717) is 13.0 Å². The summed E-state index contributed by atoms with van der Waals surface area (Å²) in [7, 11) is 0. The maximum atomic E-state index is 11.1. The van der Waals surface area contributed by atoms with Crippen molar-refractivity contribution in [2.75, 3.05) is 13.2 Å². The Morgan fingerprint density at radius 3 is 2.00 bits per heavy atom. The number of nitrogens with two attached hydrogens (primary N) is 1. The van der Waals surface area contributed by atoms with Gasteiger partial charge in [-0.1, -0.05) is 0 Å². The summed E-state index contributed by atoms with van der Waals surface area (Å²) < 4.78 is 11.1. The molecule has 3 heteroatoms. The maximum Gasteiger partial charge on any atom is 0.0894 e. The summed E-state index contributed by atoms with van der Waals surface area (Å²) in [6.07, 6.45) is 1.44. The fourth-order valence-corrected chi connectivity index (χ4v) is 0.239. The molecule has 0 spiro atoms. The van der Waals surface area contributed by atoms with Crippen LogP contribution < -0.4 is 5.73 Å². The summed E-state index contributed by atoms with van der Waals surface area (Å²) >= 11 is 0.